The highest BCUT2D eigenvalue weighted by Crippen LogP contribution is 2.33. The van der Waals surface area contributed by atoms with Gasteiger partial charge in [0.15, 0.2) is 0 Å². The molecule has 0 aromatic heterocycles. The molecule has 3 nitrogen and oxygen atoms in total. The third kappa shape index (κ3) is 2.23. The Hall–Kier alpha value is -0.220. The maximum absolute atomic E-state index is 11.9. The summed E-state index contributed by atoms with van der Waals surface area (Å²) in [7, 11) is 1.84. The lowest BCUT2D eigenvalue weighted by atomic mass is 10.2. The summed E-state index contributed by atoms with van der Waals surface area (Å²) in [5.74, 6) is 2.66. The fourth-order valence-corrected chi connectivity index (χ4v) is 3.25. The molecular weight excluding hydrogens is 196 g/mol. The second-order valence-corrected chi connectivity index (χ2v) is 5.23. The molecule has 2 fully saturated rings. The van der Waals surface area contributed by atoms with Crippen molar-refractivity contribution in [1.29, 1.82) is 0 Å². The quantitative estimate of drug-likeness (QED) is 0.748. The monoisotopic (exact) mass is 214 g/mol. The van der Waals surface area contributed by atoms with Crippen molar-refractivity contribution < 1.29 is 4.79 Å². The summed E-state index contributed by atoms with van der Waals surface area (Å²) in [4.78, 5) is 14.0. The van der Waals surface area contributed by atoms with E-state index in [4.69, 9.17) is 0 Å². The highest BCUT2D eigenvalue weighted by molar-refractivity contribution is 7.99. The largest absolute Gasteiger partial charge is 0.335 e. The minimum atomic E-state index is 0.294. The van der Waals surface area contributed by atoms with Gasteiger partial charge in [-0.15, -0.1) is 0 Å². The van der Waals surface area contributed by atoms with Gasteiger partial charge in [0.1, 0.15) is 0 Å². The van der Waals surface area contributed by atoms with Crippen LogP contribution in [0, 0.1) is 0 Å². The van der Waals surface area contributed by atoms with Gasteiger partial charge >= 0.3 is 0 Å². The number of likely N-dealkylation sites (N-methyl/N-ethyl adjacent to an activating group) is 1. The average molecular weight is 214 g/mol. The van der Waals surface area contributed by atoms with Crippen molar-refractivity contribution in [2.45, 2.75) is 31.3 Å². The molecule has 1 saturated carbocycles. The van der Waals surface area contributed by atoms with Gasteiger partial charge < -0.3 is 10.2 Å². The maximum Gasteiger partial charge on any atom is 0.237 e. The van der Waals surface area contributed by atoms with Gasteiger partial charge in [-0.1, -0.05) is 0 Å². The predicted octanol–water partition coefficient (Wildman–Crippen LogP) is 0.702. The normalized spacial score (nSPS) is 26.5. The number of nitrogens with one attached hydrogen (secondary N) is 1. The highest BCUT2D eigenvalue weighted by Gasteiger charge is 2.37. The predicted molar refractivity (Wildman–Crippen MR) is 59.5 cm³/mol. The zero-order valence-corrected chi connectivity index (χ0v) is 9.48. The van der Waals surface area contributed by atoms with E-state index in [1.807, 2.05) is 18.8 Å². The Morgan fingerprint density at radius 3 is 2.71 bits per heavy atom. The number of hydrogen-bond donors (Lipinski definition) is 1. The molecule has 1 atom stereocenters. The molecule has 2 rings (SSSR count). The molecule has 0 radical (unpaired) electrons. The lowest BCUT2D eigenvalue weighted by Gasteiger charge is -2.28. The average Bonchev–Trinajstić information content (AvgIpc) is 2.82. The molecule has 14 heavy (non-hydrogen) atoms. The Bertz CT molecular complexity index is 212. The molecule has 2 aliphatic rings. The summed E-state index contributed by atoms with van der Waals surface area (Å²) in [5.41, 5.74) is 0. The minimum absolute atomic E-state index is 0.294. The first-order valence-corrected chi connectivity index (χ1v) is 6.52. The third-order valence-electron chi connectivity index (χ3n) is 2.86. The summed E-state index contributed by atoms with van der Waals surface area (Å²) >= 11 is 1.98. The first kappa shape index (κ1) is 10.3. The van der Waals surface area contributed by atoms with Crippen molar-refractivity contribution in [2.24, 2.45) is 0 Å². The van der Waals surface area contributed by atoms with Crippen LogP contribution in [0.5, 0.6) is 0 Å². The van der Waals surface area contributed by atoms with E-state index >= 15 is 0 Å². The SMILES string of the molecule is CNCC(=O)N(C1CC1)C1CCSC1. The van der Waals surface area contributed by atoms with Gasteiger partial charge in [0, 0.05) is 17.8 Å². The molecule has 1 unspecified atom stereocenters. The molecule has 0 aromatic rings. The number of rotatable bonds is 4. The summed E-state index contributed by atoms with van der Waals surface area (Å²) < 4.78 is 0. The van der Waals surface area contributed by atoms with Crippen LogP contribution in [0.1, 0.15) is 19.3 Å². The van der Waals surface area contributed by atoms with Crippen LogP contribution in [0.2, 0.25) is 0 Å². The van der Waals surface area contributed by atoms with Gasteiger partial charge in [-0.2, -0.15) is 11.8 Å². The molecule has 1 saturated heterocycles. The highest BCUT2D eigenvalue weighted by atomic mass is 32.2. The number of carbonyl (C=O) groups excluding carboxylic acids is 1. The lowest BCUT2D eigenvalue weighted by Crippen LogP contribution is -2.45. The number of thioether (sulfide) groups is 1. The van der Waals surface area contributed by atoms with Gasteiger partial charge in [-0.25, -0.2) is 0 Å². The Labute approximate surface area is 89.6 Å². The molecule has 1 N–H and O–H groups in total. The molecule has 80 valence electrons. The van der Waals surface area contributed by atoms with Crippen LogP contribution in [0.15, 0.2) is 0 Å². The van der Waals surface area contributed by atoms with Crippen molar-refractivity contribution in [3.8, 4) is 0 Å². The molecule has 0 bridgehead atoms. The van der Waals surface area contributed by atoms with Crippen LogP contribution in [0.3, 0.4) is 0 Å². The van der Waals surface area contributed by atoms with Crippen molar-refractivity contribution in [3.05, 3.63) is 0 Å². The number of carbonyl (C=O) groups is 1. The summed E-state index contributed by atoms with van der Waals surface area (Å²) in [6, 6.07) is 1.09. The van der Waals surface area contributed by atoms with E-state index in [1.54, 1.807) is 0 Å². The van der Waals surface area contributed by atoms with Crippen molar-refractivity contribution in [2.75, 3.05) is 25.1 Å². The molecule has 4 heteroatoms. The van der Waals surface area contributed by atoms with E-state index in [1.165, 1.54) is 25.0 Å². The summed E-state index contributed by atoms with van der Waals surface area (Å²) in [6.45, 7) is 0.498. The second kappa shape index (κ2) is 4.53. The van der Waals surface area contributed by atoms with E-state index < -0.39 is 0 Å². The maximum atomic E-state index is 11.9. The Morgan fingerprint density at radius 2 is 2.21 bits per heavy atom. The van der Waals surface area contributed by atoms with Crippen LogP contribution >= 0.6 is 11.8 Å². The van der Waals surface area contributed by atoms with Crippen LogP contribution in [-0.4, -0.2) is 48.0 Å². The lowest BCUT2D eigenvalue weighted by molar-refractivity contribution is -0.132. The molecule has 0 aromatic carbocycles. The number of hydrogen-bond acceptors (Lipinski definition) is 3. The molecule has 1 heterocycles. The van der Waals surface area contributed by atoms with E-state index in [9.17, 15) is 4.79 Å². The summed E-state index contributed by atoms with van der Waals surface area (Å²) in [5, 5.41) is 2.96. The molecular formula is C10H18N2OS. The van der Waals surface area contributed by atoms with Crippen LogP contribution < -0.4 is 5.32 Å². The van der Waals surface area contributed by atoms with Gasteiger partial charge in [0.2, 0.25) is 5.91 Å². The zero-order chi connectivity index (χ0) is 9.97. The van der Waals surface area contributed by atoms with E-state index in [0.29, 0.717) is 24.5 Å². The van der Waals surface area contributed by atoms with Gasteiger partial charge in [0.05, 0.1) is 6.54 Å². The van der Waals surface area contributed by atoms with Crippen molar-refractivity contribution >= 4 is 17.7 Å². The van der Waals surface area contributed by atoms with Crippen LogP contribution in [-0.2, 0) is 4.79 Å². The van der Waals surface area contributed by atoms with Gasteiger partial charge in [-0.3, -0.25) is 4.79 Å². The van der Waals surface area contributed by atoms with E-state index in [0.717, 1.165) is 5.75 Å². The Balaban J connectivity index is 1.95. The van der Waals surface area contributed by atoms with Crippen LogP contribution in [0.25, 0.3) is 0 Å². The smallest absolute Gasteiger partial charge is 0.237 e. The van der Waals surface area contributed by atoms with E-state index in [-0.39, 0.29) is 0 Å². The second-order valence-electron chi connectivity index (χ2n) is 4.08. The van der Waals surface area contributed by atoms with Crippen molar-refractivity contribution in [3.63, 3.8) is 0 Å². The van der Waals surface area contributed by atoms with Crippen molar-refractivity contribution in [1.82, 2.24) is 10.2 Å². The van der Waals surface area contributed by atoms with E-state index in [2.05, 4.69) is 10.2 Å². The first-order valence-electron chi connectivity index (χ1n) is 5.36. The fraction of sp³-hybridized carbons (Fsp3) is 0.900. The third-order valence-corrected chi connectivity index (χ3v) is 4.00. The number of nitrogens with zero attached hydrogens (tertiary/aromatic N) is 1. The Morgan fingerprint density at radius 1 is 1.43 bits per heavy atom. The topological polar surface area (TPSA) is 32.3 Å². The summed E-state index contributed by atoms with van der Waals surface area (Å²) in [6.07, 6.45) is 3.63. The molecule has 1 aliphatic heterocycles. The standard InChI is InChI=1S/C10H18N2OS/c1-11-6-10(13)12(8-2-3-8)9-4-5-14-7-9/h8-9,11H,2-7H2,1H3. The number of amides is 1. The molecule has 0 spiro atoms. The Kier molecular flexibility index (Phi) is 3.34. The van der Waals surface area contributed by atoms with Gasteiger partial charge in [0.25, 0.3) is 0 Å². The molecule has 1 aliphatic carbocycles. The minimum Gasteiger partial charge on any atom is -0.335 e. The fourth-order valence-electron chi connectivity index (χ4n) is 2.04. The zero-order valence-electron chi connectivity index (χ0n) is 8.66. The van der Waals surface area contributed by atoms with Gasteiger partial charge in [-0.05, 0) is 32.1 Å². The van der Waals surface area contributed by atoms with Crippen LogP contribution in [0.4, 0.5) is 0 Å². The molecule has 1 amide bonds. The first-order chi connectivity index (χ1) is 6.83.